The normalized spacial score (nSPS) is 12.2. The third-order valence-electron chi connectivity index (χ3n) is 4.18. The number of carbonyl (C=O) groups is 1. The van der Waals surface area contributed by atoms with E-state index in [0.717, 1.165) is 22.9 Å². The van der Waals surface area contributed by atoms with Crippen molar-refractivity contribution in [3.8, 4) is 5.75 Å². The minimum Gasteiger partial charge on any atom is -0.486 e. The summed E-state index contributed by atoms with van der Waals surface area (Å²) in [4.78, 5) is 19.1. The second-order valence-corrected chi connectivity index (χ2v) is 7.66. The third-order valence-corrected chi connectivity index (χ3v) is 5.05. The molecule has 2 rings (SSSR count). The van der Waals surface area contributed by atoms with Gasteiger partial charge in [-0.25, -0.2) is 4.98 Å². The van der Waals surface area contributed by atoms with Crippen molar-refractivity contribution in [2.75, 3.05) is 0 Å². The van der Waals surface area contributed by atoms with Crippen LogP contribution in [0.3, 0.4) is 0 Å². The molecule has 4 nitrogen and oxygen atoms in total. The Morgan fingerprint density at radius 1 is 1.32 bits per heavy atom. The van der Waals surface area contributed by atoms with Crippen molar-refractivity contribution in [2.45, 2.75) is 60.2 Å². The van der Waals surface area contributed by atoms with Crippen LogP contribution in [-0.4, -0.2) is 21.8 Å². The number of nitrogens with zero attached hydrogens (tertiary/aromatic N) is 2. The van der Waals surface area contributed by atoms with E-state index < -0.39 is 0 Å². The summed E-state index contributed by atoms with van der Waals surface area (Å²) in [6.45, 7) is 11.1. The largest absolute Gasteiger partial charge is 0.486 e. The standard InChI is InChI=1S/C20H28N2O2S/c1-6-16(5)22(20(23)14(2)3)11-17-13-25-19(21-17)12-24-18-9-7-8-15(4)10-18/h7-10,13-14,16H,6,11-12H2,1-5H3/t16-/m1/s1. The summed E-state index contributed by atoms with van der Waals surface area (Å²) in [5, 5.41) is 2.95. The molecule has 1 amide bonds. The summed E-state index contributed by atoms with van der Waals surface area (Å²) in [5.74, 6) is 1.03. The Bertz CT molecular complexity index is 697. The molecule has 0 aliphatic rings. The van der Waals surface area contributed by atoms with Gasteiger partial charge in [0.15, 0.2) is 0 Å². The molecule has 1 atom stereocenters. The van der Waals surface area contributed by atoms with E-state index in [1.54, 1.807) is 11.3 Å². The zero-order valence-electron chi connectivity index (χ0n) is 15.8. The van der Waals surface area contributed by atoms with Gasteiger partial charge in [-0.05, 0) is 38.0 Å². The van der Waals surface area contributed by atoms with Gasteiger partial charge in [-0.15, -0.1) is 11.3 Å². The highest BCUT2D eigenvalue weighted by Gasteiger charge is 2.22. The molecular weight excluding hydrogens is 332 g/mol. The van der Waals surface area contributed by atoms with Gasteiger partial charge in [-0.2, -0.15) is 0 Å². The highest BCUT2D eigenvalue weighted by molar-refractivity contribution is 7.09. The number of carbonyl (C=O) groups excluding carboxylic acids is 1. The van der Waals surface area contributed by atoms with Crippen molar-refractivity contribution in [1.29, 1.82) is 0 Å². The van der Waals surface area contributed by atoms with Crippen LogP contribution >= 0.6 is 11.3 Å². The first kappa shape index (κ1) is 19.4. The van der Waals surface area contributed by atoms with Crippen molar-refractivity contribution in [2.24, 2.45) is 5.92 Å². The SMILES string of the molecule is CC[C@@H](C)N(Cc1csc(COc2cccc(C)c2)n1)C(=O)C(C)C. The zero-order valence-corrected chi connectivity index (χ0v) is 16.6. The average molecular weight is 361 g/mol. The molecule has 2 aromatic rings. The van der Waals surface area contributed by atoms with Crippen LogP contribution in [0.25, 0.3) is 0 Å². The fourth-order valence-electron chi connectivity index (χ4n) is 2.52. The highest BCUT2D eigenvalue weighted by atomic mass is 32.1. The van der Waals surface area contributed by atoms with Crippen LogP contribution in [-0.2, 0) is 17.9 Å². The van der Waals surface area contributed by atoms with Crippen molar-refractivity contribution < 1.29 is 9.53 Å². The molecule has 25 heavy (non-hydrogen) atoms. The molecule has 1 heterocycles. The summed E-state index contributed by atoms with van der Waals surface area (Å²) < 4.78 is 5.81. The molecule has 0 unspecified atom stereocenters. The van der Waals surface area contributed by atoms with E-state index >= 15 is 0 Å². The fourth-order valence-corrected chi connectivity index (χ4v) is 3.21. The van der Waals surface area contributed by atoms with Crippen molar-refractivity contribution >= 4 is 17.2 Å². The van der Waals surface area contributed by atoms with E-state index in [4.69, 9.17) is 4.74 Å². The summed E-state index contributed by atoms with van der Waals surface area (Å²) >= 11 is 1.58. The monoisotopic (exact) mass is 360 g/mol. The van der Waals surface area contributed by atoms with Gasteiger partial charge in [0.05, 0.1) is 12.2 Å². The molecule has 0 saturated carbocycles. The first-order valence-electron chi connectivity index (χ1n) is 8.84. The van der Waals surface area contributed by atoms with Crippen LogP contribution in [0.15, 0.2) is 29.6 Å². The Labute approximate surface area is 154 Å². The Balaban J connectivity index is 2.00. The molecule has 0 aliphatic carbocycles. The maximum atomic E-state index is 12.5. The molecule has 0 fully saturated rings. The number of hydrogen-bond acceptors (Lipinski definition) is 4. The minimum atomic E-state index is -0.00300. The Kier molecular flexibility index (Phi) is 7.00. The lowest BCUT2D eigenvalue weighted by molar-refractivity contribution is -0.137. The Morgan fingerprint density at radius 2 is 2.08 bits per heavy atom. The minimum absolute atomic E-state index is 0.00300. The second-order valence-electron chi connectivity index (χ2n) is 6.72. The molecule has 136 valence electrons. The maximum absolute atomic E-state index is 12.5. The average Bonchev–Trinajstić information content (AvgIpc) is 3.04. The van der Waals surface area contributed by atoms with Gasteiger partial charge in [-0.1, -0.05) is 32.9 Å². The van der Waals surface area contributed by atoms with E-state index in [1.165, 1.54) is 5.56 Å². The van der Waals surface area contributed by atoms with Crippen LogP contribution in [0.5, 0.6) is 5.75 Å². The molecule has 0 N–H and O–H groups in total. The number of thiazole rings is 1. The number of rotatable bonds is 8. The first-order valence-corrected chi connectivity index (χ1v) is 9.71. The smallest absolute Gasteiger partial charge is 0.225 e. The highest BCUT2D eigenvalue weighted by Crippen LogP contribution is 2.19. The third kappa shape index (κ3) is 5.56. The van der Waals surface area contributed by atoms with E-state index in [-0.39, 0.29) is 17.9 Å². The second kappa shape index (κ2) is 8.99. The van der Waals surface area contributed by atoms with Crippen LogP contribution < -0.4 is 4.74 Å². The summed E-state index contributed by atoms with van der Waals surface area (Å²) in [6.07, 6.45) is 0.936. The number of ether oxygens (including phenoxy) is 1. The van der Waals surface area contributed by atoms with E-state index in [1.807, 2.05) is 55.3 Å². The molecule has 0 spiro atoms. The summed E-state index contributed by atoms with van der Waals surface area (Å²) in [6, 6.07) is 8.21. The molecule has 0 bridgehead atoms. The first-order chi connectivity index (χ1) is 11.9. The van der Waals surface area contributed by atoms with Crippen LogP contribution in [0.4, 0.5) is 0 Å². The molecule has 1 aromatic carbocycles. The molecule has 0 radical (unpaired) electrons. The van der Waals surface area contributed by atoms with E-state index in [0.29, 0.717) is 13.2 Å². The van der Waals surface area contributed by atoms with Gasteiger partial charge < -0.3 is 9.64 Å². The van der Waals surface area contributed by atoms with Gasteiger partial charge in [0, 0.05) is 17.3 Å². The number of benzene rings is 1. The van der Waals surface area contributed by atoms with E-state index in [2.05, 4.69) is 18.8 Å². The number of amides is 1. The maximum Gasteiger partial charge on any atom is 0.225 e. The lowest BCUT2D eigenvalue weighted by Crippen LogP contribution is -2.40. The van der Waals surface area contributed by atoms with Gasteiger partial charge >= 0.3 is 0 Å². The van der Waals surface area contributed by atoms with Crippen LogP contribution in [0.1, 0.15) is 50.4 Å². The number of aromatic nitrogens is 1. The summed E-state index contributed by atoms with van der Waals surface area (Å²) in [7, 11) is 0. The lowest BCUT2D eigenvalue weighted by Gasteiger charge is -2.29. The van der Waals surface area contributed by atoms with Crippen molar-refractivity contribution in [3.63, 3.8) is 0 Å². The predicted octanol–water partition coefficient (Wildman–Crippen LogP) is 4.81. The van der Waals surface area contributed by atoms with Gasteiger partial charge in [0.25, 0.3) is 0 Å². The van der Waals surface area contributed by atoms with Crippen LogP contribution in [0.2, 0.25) is 0 Å². The van der Waals surface area contributed by atoms with Gasteiger partial charge in [-0.3, -0.25) is 4.79 Å². The molecular formula is C20H28N2O2S. The number of aryl methyl sites for hydroxylation is 1. The van der Waals surface area contributed by atoms with Crippen molar-refractivity contribution in [3.05, 3.63) is 45.9 Å². The Morgan fingerprint density at radius 3 is 2.72 bits per heavy atom. The van der Waals surface area contributed by atoms with Gasteiger partial charge in [0.2, 0.25) is 5.91 Å². The lowest BCUT2D eigenvalue weighted by atomic mass is 10.1. The number of hydrogen-bond donors (Lipinski definition) is 0. The predicted molar refractivity (Wildman–Crippen MR) is 103 cm³/mol. The molecule has 5 heteroatoms. The Hall–Kier alpha value is -1.88. The van der Waals surface area contributed by atoms with Gasteiger partial charge in [0.1, 0.15) is 17.4 Å². The molecule has 1 aromatic heterocycles. The quantitative estimate of drug-likeness (QED) is 0.678. The van der Waals surface area contributed by atoms with Crippen molar-refractivity contribution in [1.82, 2.24) is 9.88 Å². The fraction of sp³-hybridized carbons (Fsp3) is 0.500. The summed E-state index contributed by atoms with van der Waals surface area (Å²) in [5.41, 5.74) is 2.11. The molecule has 0 saturated heterocycles. The van der Waals surface area contributed by atoms with Crippen LogP contribution in [0, 0.1) is 12.8 Å². The molecule has 0 aliphatic heterocycles. The zero-order chi connectivity index (χ0) is 18.4. The van der Waals surface area contributed by atoms with E-state index in [9.17, 15) is 4.79 Å². The topological polar surface area (TPSA) is 42.4 Å².